The number of rotatable bonds is 9. The highest BCUT2D eigenvalue weighted by Crippen LogP contribution is 2.66. The lowest BCUT2D eigenvalue weighted by Crippen LogP contribution is -2.39. The second-order valence-corrected chi connectivity index (χ2v) is 34.4. The molecule has 3 aliphatic heterocycles. The molecule has 0 saturated carbocycles. The second-order valence-electron chi connectivity index (χ2n) is 33.5. The number of furan rings is 2. The summed E-state index contributed by atoms with van der Waals surface area (Å²) in [6.07, 6.45) is 0.860. The smallest absolute Gasteiger partial charge is 0.159 e. The van der Waals surface area contributed by atoms with E-state index in [4.69, 9.17) is 18.3 Å². The molecule has 6 heteroatoms. The molecular weight excluding hydrogens is 1650 g/mol. The van der Waals surface area contributed by atoms with Crippen molar-refractivity contribution in [2.75, 3.05) is 4.90 Å². The first-order valence-electron chi connectivity index (χ1n) is 44.1. The molecule has 2 spiro atoms. The fourth-order valence-electron chi connectivity index (χ4n) is 21.0. The van der Waals surface area contributed by atoms with Crippen LogP contribution < -0.4 is 14.4 Å². The molecule has 616 valence electrons. The van der Waals surface area contributed by atoms with E-state index in [2.05, 4.69) is 458 Å². The molecule has 26 rings (SSSR count). The van der Waals surface area contributed by atoms with Crippen molar-refractivity contribution in [3.8, 4) is 112 Å². The summed E-state index contributed by atoms with van der Waals surface area (Å²) in [6, 6.07) is 170. The molecule has 5 heterocycles. The van der Waals surface area contributed by atoms with Gasteiger partial charge in [-0.1, -0.05) is 396 Å². The zero-order chi connectivity index (χ0) is 85.5. The van der Waals surface area contributed by atoms with Crippen LogP contribution in [0.3, 0.4) is 0 Å². The number of fused-ring (bicyclic) bond motifs is 22. The van der Waals surface area contributed by atoms with E-state index in [0.717, 1.165) is 123 Å². The van der Waals surface area contributed by atoms with E-state index in [-0.39, 0.29) is 7.43 Å². The third-order valence-electron chi connectivity index (χ3n) is 26.6. The third-order valence-corrected chi connectivity index (χ3v) is 27.2. The Bertz CT molecular complexity index is 7770. The van der Waals surface area contributed by atoms with E-state index >= 15 is 0 Å². The first-order chi connectivity index (χ1) is 63.9. The van der Waals surface area contributed by atoms with E-state index < -0.39 is 10.8 Å². The van der Waals surface area contributed by atoms with Crippen molar-refractivity contribution in [1.82, 2.24) is 0 Å². The van der Waals surface area contributed by atoms with Crippen molar-refractivity contribution >= 4 is 76.9 Å². The van der Waals surface area contributed by atoms with Crippen LogP contribution in [0, 0.1) is 0 Å². The Hall–Kier alpha value is -16.1. The van der Waals surface area contributed by atoms with E-state index in [0.29, 0.717) is 0 Å². The molecular formula is C124H84BrNO4. The van der Waals surface area contributed by atoms with E-state index in [9.17, 15) is 0 Å². The summed E-state index contributed by atoms with van der Waals surface area (Å²) in [6.45, 7) is 0. The lowest BCUT2D eigenvalue weighted by molar-refractivity contribution is 0.432. The number of nitrogens with zero attached hydrogens (tertiary/aromatic N) is 1. The predicted molar refractivity (Wildman–Crippen MR) is 540 cm³/mol. The fraction of sp³-hybridized carbons (Fsp3) is 0.0323. The average molecular weight is 1730 g/mol. The quantitative estimate of drug-likeness (QED) is 0.144. The molecule has 0 saturated heterocycles. The van der Waals surface area contributed by atoms with Crippen molar-refractivity contribution < 1.29 is 18.3 Å². The van der Waals surface area contributed by atoms with Crippen LogP contribution in [-0.2, 0) is 17.3 Å². The monoisotopic (exact) mass is 1730 g/mol. The molecule has 0 N–H and O–H groups in total. The summed E-state index contributed by atoms with van der Waals surface area (Å²) >= 11 is 3.48. The van der Waals surface area contributed by atoms with Crippen LogP contribution in [0.25, 0.3) is 133 Å². The topological polar surface area (TPSA) is 48.0 Å². The van der Waals surface area contributed by atoms with Gasteiger partial charge in [0.15, 0.2) is 5.58 Å². The molecule has 0 unspecified atom stereocenters. The highest BCUT2D eigenvalue weighted by atomic mass is 79.9. The van der Waals surface area contributed by atoms with E-state index in [1.807, 2.05) is 36.4 Å². The summed E-state index contributed by atoms with van der Waals surface area (Å²) in [4.78, 5) is 2.45. The van der Waals surface area contributed by atoms with Gasteiger partial charge in [-0.3, -0.25) is 0 Å². The van der Waals surface area contributed by atoms with Crippen molar-refractivity contribution in [3.05, 3.63) is 533 Å². The van der Waals surface area contributed by atoms with Crippen LogP contribution in [0.4, 0.5) is 17.1 Å². The molecule has 1 aliphatic carbocycles. The molecule has 0 bridgehead atoms. The second kappa shape index (κ2) is 32.7. The third kappa shape index (κ3) is 13.0. The molecule has 0 amide bonds. The number of ether oxygens (including phenoxy) is 2. The lowest BCUT2D eigenvalue weighted by atomic mass is 9.58. The number of anilines is 3. The first kappa shape index (κ1) is 78.6. The minimum Gasteiger partial charge on any atom is -0.457 e. The summed E-state index contributed by atoms with van der Waals surface area (Å²) in [5, 5.41) is 4.51. The van der Waals surface area contributed by atoms with Crippen LogP contribution >= 0.6 is 15.9 Å². The maximum Gasteiger partial charge on any atom is 0.159 e. The Labute approximate surface area is 764 Å². The number of hydrogen-bond donors (Lipinski definition) is 0. The largest absolute Gasteiger partial charge is 0.457 e. The zero-order valence-electron chi connectivity index (χ0n) is 70.2. The maximum absolute atomic E-state index is 6.89. The summed E-state index contributed by atoms with van der Waals surface area (Å²) in [5.41, 5.74) is 36.6. The average Bonchev–Trinajstić information content (AvgIpc) is 0.771. The van der Waals surface area contributed by atoms with Gasteiger partial charge in [-0.15, -0.1) is 0 Å². The number of benzene rings is 20. The zero-order valence-corrected chi connectivity index (χ0v) is 71.8. The van der Waals surface area contributed by atoms with Crippen molar-refractivity contribution in [2.45, 2.75) is 24.7 Å². The van der Waals surface area contributed by atoms with Gasteiger partial charge in [-0.25, -0.2) is 0 Å². The van der Waals surface area contributed by atoms with Gasteiger partial charge in [0, 0.05) is 43.8 Å². The van der Waals surface area contributed by atoms with Gasteiger partial charge >= 0.3 is 0 Å². The Kier molecular flexibility index (Phi) is 19.8. The van der Waals surface area contributed by atoms with Gasteiger partial charge in [0.2, 0.25) is 0 Å². The minimum absolute atomic E-state index is 0. The normalized spacial score (nSPS) is 12.9. The van der Waals surface area contributed by atoms with Gasteiger partial charge < -0.3 is 23.2 Å². The van der Waals surface area contributed by atoms with Gasteiger partial charge in [-0.05, 0) is 230 Å². The summed E-state index contributed by atoms with van der Waals surface area (Å²) in [7, 11) is 0. The molecule has 20 aromatic carbocycles. The highest BCUT2D eigenvalue weighted by Gasteiger charge is 2.53. The molecule has 22 aromatic rings. The van der Waals surface area contributed by atoms with Crippen molar-refractivity contribution in [2.24, 2.45) is 0 Å². The molecule has 2 aromatic heterocycles. The molecule has 0 atom stereocenters. The van der Waals surface area contributed by atoms with Crippen LogP contribution in [0.1, 0.15) is 63.1 Å². The summed E-state index contributed by atoms with van der Waals surface area (Å²) in [5.74, 6) is 3.49. The predicted octanol–water partition coefficient (Wildman–Crippen LogP) is 34.3. The Morgan fingerprint density at radius 3 is 0.862 bits per heavy atom. The summed E-state index contributed by atoms with van der Waals surface area (Å²) < 4.78 is 27.2. The Morgan fingerprint density at radius 1 is 0.208 bits per heavy atom. The molecule has 5 nitrogen and oxygen atoms in total. The van der Waals surface area contributed by atoms with Gasteiger partial charge in [0.1, 0.15) is 39.7 Å². The molecule has 0 fully saturated rings. The van der Waals surface area contributed by atoms with Crippen molar-refractivity contribution in [1.29, 1.82) is 0 Å². The first-order valence-corrected chi connectivity index (χ1v) is 44.8. The van der Waals surface area contributed by atoms with Crippen LogP contribution in [0.15, 0.2) is 486 Å². The van der Waals surface area contributed by atoms with E-state index in [1.54, 1.807) is 0 Å². The molecule has 130 heavy (non-hydrogen) atoms. The Balaban J connectivity index is 0.000000130. The standard InChI is InChI=1S/C61H39NO2.C50H34O.C12H7BrO.CH4/c1-3-18-40(19-4-1)44-22-7-9-24-46(44)42-34-36-54-52(38-42)61(50-28-12-15-32-58(50)63-59-33-16-13-29-51(59)61)53-39-43(47-25-10-8-23-45(47)41-20-5-2-6-21-41)35-37-55(53)62(54)56-30-17-27-49-48-26-11-14-31-57(48)64-60(49)56;1-3-15-34(16-4-1)40-19-7-9-21-42(40)36-27-29-38-31-39-30-28-37(43-22-10-8-20-41(43)35-17-5-2-6-18-35)33-47(39)50(46(38)32-36)44-23-11-13-25-48(44)51-49-26-14-12-24-45(49)50;13-10-6-3-5-9-8-4-1-2-7-11(8)14-12(9)10;/h1-39H;1-30,32-33H,31H2;1-7H;1H4. The van der Waals surface area contributed by atoms with Gasteiger partial charge in [-0.2, -0.15) is 0 Å². The van der Waals surface area contributed by atoms with Gasteiger partial charge in [0.05, 0.1) is 32.4 Å². The number of hydrogen-bond acceptors (Lipinski definition) is 5. The van der Waals surface area contributed by atoms with Crippen LogP contribution in [-0.4, -0.2) is 0 Å². The molecule has 4 aliphatic rings. The SMILES string of the molecule is Brc1cccc2c1oc1ccccc12.C.c1ccc(-c2ccccc2-c2ccc3c(c2)C2(c4cc(-c5ccccc5-c5ccccc5)ccc4C3)c3ccccc3Oc3ccccc32)cc1.c1ccc(-c2ccccc2-c2ccc3c(c2)C2(c4ccccc4Oc4ccccc42)c2cc(-c4ccccc4-c4ccccc4)ccc2N3c2cccc3c2oc2ccccc23)cc1. The minimum atomic E-state index is -0.802. The lowest BCUT2D eigenvalue weighted by Gasteiger charge is -2.49. The highest BCUT2D eigenvalue weighted by molar-refractivity contribution is 9.10. The Morgan fingerprint density at radius 2 is 0.485 bits per heavy atom. The number of para-hydroxylation sites is 8. The fourth-order valence-corrected chi connectivity index (χ4v) is 21.4. The van der Waals surface area contributed by atoms with Gasteiger partial charge in [0.25, 0.3) is 0 Å². The maximum atomic E-state index is 6.89. The van der Waals surface area contributed by atoms with Crippen molar-refractivity contribution in [3.63, 3.8) is 0 Å². The molecule has 0 radical (unpaired) electrons. The number of halogens is 1. The van der Waals surface area contributed by atoms with E-state index in [1.165, 1.54) is 117 Å². The van der Waals surface area contributed by atoms with Crippen LogP contribution in [0.2, 0.25) is 0 Å². The van der Waals surface area contributed by atoms with Crippen LogP contribution in [0.5, 0.6) is 23.0 Å².